The number of ether oxygens (including phenoxy) is 1. The lowest BCUT2D eigenvalue weighted by Gasteiger charge is -2.18. The summed E-state index contributed by atoms with van der Waals surface area (Å²) in [6.07, 6.45) is 0. The van der Waals surface area contributed by atoms with Gasteiger partial charge in [0.05, 0.1) is 7.11 Å². The van der Waals surface area contributed by atoms with Gasteiger partial charge in [-0.1, -0.05) is 36.4 Å². The van der Waals surface area contributed by atoms with Gasteiger partial charge in [-0.3, -0.25) is 9.59 Å². The smallest absolute Gasteiger partial charge is 0.325 e. The number of hydrogen-bond acceptors (Lipinski definition) is 4. The van der Waals surface area contributed by atoms with Crippen molar-refractivity contribution in [2.45, 2.75) is 46.7 Å². The average Bonchev–Trinajstić information content (AvgIpc) is 2.78. The molecular formula is C28H32N2O4. The highest BCUT2D eigenvalue weighted by Gasteiger charge is 2.19. The Kier molecular flexibility index (Phi) is 7.61. The zero-order valence-corrected chi connectivity index (χ0v) is 20.5. The Balaban J connectivity index is 1.83. The van der Waals surface area contributed by atoms with Crippen molar-refractivity contribution in [1.82, 2.24) is 5.32 Å². The van der Waals surface area contributed by atoms with Crippen LogP contribution in [-0.4, -0.2) is 30.1 Å². The monoisotopic (exact) mass is 460 g/mol. The zero-order chi connectivity index (χ0) is 25.0. The van der Waals surface area contributed by atoms with E-state index in [0.717, 1.165) is 39.3 Å². The van der Waals surface area contributed by atoms with Crippen LogP contribution in [0.3, 0.4) is 0 Å². The molecule has 2 atom stereocenters. The molecule has 0 saturated carbocycles. The number of rotatable bonds is 8. The molecule has 2 unspecified atom stereocenters. The number of methoxy groups -OCH3 is 1. The zero-order valence-electron chi connectivity index (χ0n) is 20.5. The van der Waals surface area contributed by atoms with Crippen LogP contribution in [-0.2, 0) is 4.79 Å². The second-order valence-electron chi connectivity index (χ2n) is 8.69. The van der Waals surface area contributed by atoms with Crippen molar-refractivity contribution in [3.8, 4) is 16.9 Å². The molecule has 3 rings (SSSR count). The summed E-state index contributed by atoms with van der Waals surface area (Å²) in [5.74, 6) is -0.572. The summed E-state index contributed by atoms with van der Waals surface area (Å²) in [6.45, 7) is 9.34. The molecule has 6 heteroatoms. The molecule has 0 radical (unpaired) electrons. The van der Waals surface area contributed by atoms with E-state index in [9.17, 15) is 9.59 Å². The van der Waals surface area contributed by atoms with Gasteiger partial charge in [0.25, 0.3) is 5.91 Å². The van der Waals surface area contributed by atoms with Crippen molar-refractivity contribution in [2.75, 3.05) is 12.4 Å². The molecule has 6 nitrogen and oxygen atoms in total. The van der Waals surface area contributed by atoms with E-state index in [1.165, 1.54) is 12.5 Å². The maximum absolute atomic E-state index is 12.6. The molecule has 178 valence electrons. The lowest BCUT2D eigenvalue weighted by molar-refractivity contribution is -0.138. The normalized spacial score (nSPS) is 12.5. The summed E-state index contributed by atoms with van der Waals surface area (Å²) >= 11 is 0. The number of carboxylic acids is 1. The van der Waals surface area contributed by atoms with Gasteiger partial charge >= 0.3 is 5.97 Å². The van der Waals surface area contributed by atoms with E-state index in [1.807, 2.05) is 57.2 Å². The number of hydrogen-bond donors (Lipinski definition) is 3. The van der Waals surface area contributed by atoms with Crippen molar-refractivity contribution >= 4 is 17.6 Å². The molecule has 0 saturated heterocycles. The molecule has 0 aliphatic carbocycles. The third-order valence-electron chi connectivity index (χ3n) is 5.98. The van der Waals surface area contributed by atoms with Gasteiger partial charge in [0.15, 0.2) is 0 Å². The van der Waals surface area contributed by atoms with Crippen LogP contribution in [0.15, 0.2) is 54.6 Å². The molecule has 3 aromatic rings. The number of amides is 1. The maximum atomic E-state index is 12.6. The molecule has 1 amide bonds. The van der Waals surface area contributed by atoms with E-state index in [2.05, 4.69) is 35.8 Å². The van der Waals surface area contributed by atoms with Crippen LogP contribution in [0.25, 0.3) is 11.1 Å². The van der Waals surface area contributed by atoms with E-state index in [4.69, 9.17) is 9.84 Å². The fourth-order valence-corrected chi connectivity index (χ4v) is 4.11. The first-order chi connectivity index (χ1) is 16.1. The van der Waals surface area contributed by atoms with Gasteiger partial charge in [0, 0.05) is 17.3 Å². The Morgan fingerprint density at radius 3 is 2.15 bits per heavy atom. The number of anilines is 1. The van der Waals surface area contributed by atoms with Gasteiger partial charge in [-0.25, -0.2) is 0 Å². The summed E-state index contributed by atoms with van der Waals surface area (Å²) in [7, 11) is 1.67. The molecule has 34 heavy (non-hydrogen) atoms. The quantitative estimate of drug-likeness (QED) is 0.404. The Labute approximate surface area is 201 Å². The van der Waals surface area contributed by atoms with E-state index < -0.39 is 12.0 Å². The fraction of sp³-hybridized carbons (Fsp3) is 0.286. The molecule has 0 spiro atoms. The molecule has 3 aromatic carbocycles. The second-order valence-corrected chi connectivity index (χ2v) is 8.69. The van der Waals surface area contributed by atoms with Crippen molar-refractivity contribution in [3.05, 3.63) is 82.4 Å². The minimum Gasteiger partial charge on any atom is -0.496 e. The number of benzene rings is 3. The second kappa shape index (κ2) is 10.4. The predicted octanol–water partition coefficient (Wildman–Crippen LogP) is 5.66. The maximum Gasteiger partial charge on any atom is 0.325 e. The summed E-state index contributed by atoms with van der Waals surface area (Å²) in [6, 6.07) is 17.4. The van der Waals surface area contributed by atoms with Crippen LogP contribution in [0.4, 0.5) is 5.69 Å². The number of aliphatic carboxylic acids is 1. The lowest BCUT2D eigenvalue weighted by Crippen LogP contribution is -2.38. The first-order valence-electron chi connectivity index (χ1n) is 11.3. The number of carboxylic acid groups (broad SMARTS) is 1. The van der Waals surface area contributed by atoms with E-state index in [-0.39, 0.29) is 11.9 Å². The third kappa shape index (κ3) is 5.57. The highest BCUT2D eigenvalue weighted by Crippen LogP contribution is 2.30. The van der Waals surface area contributed by atoms with Gasteiger partial charge in [-0.2, -0.15) is 0 Å². The molecule has 0 aromatic heterocycles. The largest absolute Gasteiger partial charge is 0.496 e. The van der Waals surface area contributed by atoms with Crippen LogP contribution in [0, 0.1) is 20.8 Å². The van der Waals surface area contributed by atoms with Gasteiger partial charge < -0.3 is 20.5 Å². The lowest BCUT2D eigenvalue weighted by atomic mass is 9.94. The fourth-order valence-electron chi connectivity index (χ4n) is 4.11. The van der Waals surface area contributed by atoms with Crippen molar-refractivity contribution in [2.24, 2.45) is 0 Å². The van der Waals surface area contributed by atoms with E-state index >= 15 is 0 Å². The van der Waals surface area contributed by atoms with Gasteiger partial charge in [-0.15, -0.1) is 0 Å². The molecule has 0 aliphatic rings. The van der Waals surface area contributed by atoms with Crippen LogP contribution < -0.4 is 15.4 Å². The first-order valence-corrected chi connectivity index (χ1v) is 11.3. The van der Waals surface area contributed by atoms with Crippen molar-refractivity contribution in [3.63, 3.8) is 0 Å². The molecule has 0 bridgehead atoms. The van der Waals surface area contributed by atoms with E-state index in [0.29, 0.717) is 5.56 Å². The van der Waals surface area contributed by atoms with Gasteiger partial charge in [0.1, 0.15) is 11.8 Å². The Bertz CT molecular complexity index is 1200. The standard InChI is InChI=1S/C28H32N2O4/c1-16-12-21(10-11-25(16)34-6)19(4)29-24-9-7-8-22(15-24)23-13-17(2)26(18(3)14-23)27(31)30-20(5)28(32)33/h7-15,19-20,29H,1-6H3,(H,30,31)(H,32,33). The summed E-state index contributed by atoms with van der Waals surface area (Å²) in [5.41, 5.74) is 7.38. The Morgan fingerprint density at radius 2 is 1.56 bits per heavy atom. The van der Waals surface area contributed by atoms with Crippen LogP contribution in [0.5, 0.6) is 5.75 Å². The number of nitrogens with one attached hydrogen (secondary N) is 2. The number of aryl methyl sites for hydroxylation is 3. The van der Waals surface area contributed by atoms with Gasteiger partial charge in [0.2, 0.25) is 0 Å². The summed E-state index contributed by atoms with van der Waals surface area (Å²) in [5, 5.41) is 15.2. The SMILES string of the molecule is COc1ccc(C(C)Nc2cccc(-c3cc(C)c(C(=O)NC(C)C(=O)O)c(C)c3)c2)cc1C. The van der Waals surface area contributed by atoms with Crippen LogP contribution >= 0.6 is 0 Å². The molecular weight excluding hydrogens is 428 g/mol. The van der Waals surface area contributed by atoms with E-state index in [1.54, 1.807) is 7.11 Å². The topological polar surface area (TPSA) is 87.7 Å². The summed E-state index contributed by atoms with van der Waals surface area (Å²) in [4.78, 5) is 23.7. The molecule has 0 heterocycles. The first kappa shape index (κ1) is 24.8. The summed E-state index contributed by atoms with van der Waals surface area (Å²) < 4.78 is 5.36. The molecule has 3 N–H and O–H groups in total. The van der Waals surface area contributed by atoms with Gasteiger partial charge in [-0.05, 0) is 86.2 Å². The molecule has 0 aliphatic heterocycles. The highest BCUT2D eigenvalue weighted by molar-refractivity contribution is 5.99. The Morgan fingerprint density at radius 1 is 0.882 bits per heavy atom. The molecule has 0 fully saturated rings. The number of carbonyl (C=O) groups is 2. The van der Waals surface area contributed by atoms with Crippen molar-refractivity contribution in [1.29, 1.82) is 0 Å². The van der Waals surface area contributed by atoms with Crippen LogP contribution in [0.1, 0.15) is 52.5 Å². The minimum absolute atomic E-state index is 0.102. The van der Waals surface area contributed by atoms with Crippen molar-refractivity contribution < 1.29 is 19.4 Å². The Hall–Kier alpha value is -3.80. The minimum atomic E-state index is -1.07. The van der Waals surface area contributed by atoms with Crippen LogP contribution in [0.2, 0.25) is 0 Å². The highest BCUT2D eigenvalue weighted by atomic mass is 16.5. The predicted molar refractivity (Wildman–Crippen MR) is 136 cm³/mol. The average molecular weight is 461 g/mol. The third-order valence-corrected chi connectivity index (χ3v) is 5.98. The number of carbonyl (C=O) groups excluding carboxylic acids is 1.